The van der Waals surface area contributed by atoms with Gasteiger partial charge in [0, 0.05) is 16.2 Å². The van der Waals surface area contributed by atoms with Crippen molar-refractivity contribution in [2.75, 3.05) is 13.2 Å². The van der Waals surface area contributed by atoms with E-state index >= 15 is 0 Å². The number of thioether (sulfide) groups is 1. The molecule has 2 atom stereocenters. The molecular formula is C15H23NO2S. The van der Waals surface area contributed by atoms with E-state index < -0.39 is 0 Å². The molecule has 0 amide bonds. The summed E-state index contributed by atoms with van der Waals surface area (Å²) in [6, 6.07) is 6.26. The van der Waals surface area contributed by atoms with Crippen LogP contribution in [0.2, 0.25) is 0 Å². The first-order chi connectivity index (χ1) is 8.88. The molecule has 0 aromatic heterocycles. The predicted octanol–water partition coefficient (Wildman–Crippen LogP) is 3.31. The maximum Gasteiger partial charge on any atom is 0.162 e. The van der Waals surface area contributed by atoms with Crippen LogP contribution in [0.5, 0.6) is 11.5 Å². The van der Waals surface area contributed by atoms with Crippen LogP contribution in [0.3, 0.4) is 0 Å². The Morgan fingerprint density at radius 2 is 1.79 bits per heavy atom. The molecule has 0 radical (unpaired) electrons. The average Bonchev–Trinajstić information content (AvgIpc) is 2.34. The van der Waals surface area contributed by atoms with Crippen molar-refractivity contribution in [3.63, 3.8) is 0 Å². The third-order valence-electron chi connectivity index (χ3n) is 3.11. The molecule has 1 aromatic carbocycles. The first-order valence-corrected chi connectivity index (χ1v) is 7.58. The summed E-state index contributed by atoms with van der Waals surface area (Å²) in [5, 5.41) is 0.357. The van der Waals surface area contributed by atoms with Crippen molar-refractivity contribution in [2.24, 2.45) is 11.1 Å². The highest BCUT2D eigenvalue weighted by molar-refractivity contribution is 8.00. The van der Waals surface area contributed by atoms with Crippen LogP contribution in [-0.2, 0) is 0 Å². The molecule has 2 unspecified atom stereocenters. The fourth-order valence-corrected chi connectivity index (χ4v) is 3.50. The Labute approximate surface area is 119 Å². The predicted molar refractivity (Wildman–Crippen MR) is 80.2 cm³/mol. The van der Waals surface area contributed by atoms with Crippen LogP contribution in [0.15, 0.2) is 23.1 Å². The van der Waals surface area contributed by atoms with Gasteiger partial charge in [0.2, 0.25) is 0 Å². The number of hydrogen-bond donors (Lipinski definition) is 1. The van der Waals surface area contributed by atoms with Gasteiger partial charge in [0.1, 0.15) is 13.2 Å². The third kappa shape index (κ3) is 3.57. The molecule has 1 aromatic rings. The van der Waals surface area contributed by atoms with E-state index in [4.69, 9.17) is 15.2 Å². The molecule has 19 heavy (non-hydrogen) atoms. The third-order valence-corrected chi connectivity index (χ3v) is 5.02. The van der Waals surface area contributed by atoms with Gasteiger partial charge in [-0.2, -0.15) is 0 Å². The van der Waals surface area contributed by atoms with Crippen molar-refractivity contribution in [3.05, 3.63) is 18.2 Å². The Bertz CT molecular complexity index is 440. The van der Waals surface area contributed by atoms with Crippen molar-refractivity contribution in [1.82, 2.24) is 0 Å². The monoisotopic (exact) mass is 281 g/mol. The quantitative estimate of drug-likeness (QED) is 0.863. The second-order valence-electron chi connectivity index (χ2n) is 6.07. The van der Waals surface area contributed by atoms with E-state index in [9.17, 15) is 0 Å². The topological polar surface area (TPSA) is 44.5 Å². The van der Waals surface area contributed by atoms with Gasteiger partial charge in [0.25, 0.3) is 0 Å². The number of hydrogen-bond acceptors (Lipinski definition) is 4. The van der Waals surface area contributed by atoms with E-state index in [0.717, 1.165) is 11.5 Å². The zero-order valence-corrected chi connectivity index (χ0v) is 12.9. The first-order valence-electron chi connectivity index (χ1n) is 6.70. The summed E-state index contributed by atoms with van der Waals surface area (Å²) in [7, 11) is 0. The summed E-state index contributed by atoms with van der Waals surface area (Å²) in [5.41, 5.74) is 6.29. The minimum atomic E-state index is 0.137. The zero-order chi connectivity index (χ0) is 14.0. The molecule has 0 bridgehead atoms. The summed E-state index contributed by atoms with van der Waals surface area (Å²) in [6.45, 7) is 10.0. The van der Waals surface area contributed by atoms with Crippen molar-refractivity contribution in [1.29, 1.82) is 0 Å². The second-order valence-corrected chi connectivity index (χ2v) is 7.28. The molecule has 0 saturated heterocycles. The van der Waals surface area contributed by atoms with Gasteiger partial charge in [-0.25, -0.2) is 0 Å². The van der Waals surface area contributed by atoms with Crippen molar-refractivity contribution in [2.45, 2.75) is 43.9 Å². The van der Waals surface area contributed by atoms with Crippen molar-refractivity contribution >= 4 is 11.8 Å². The molecule has 1 aliphatic rings. The van der Waals surface area contributed by atoms with Crippen LogP contribution in [-0.4, -0.2) is 24.5 Å². The SMILES string of the molecule is CC(N)C(Sc1ccc2c(c1)OCCO2)C(C)(C)C. The standard InChI is InChI=1S/C15H23NO2S/c1-10(16)14(15(2,3)4)19-11-5-6-12-13(9-11)18-8-7-17-12/h5-6,9-10,14H,7-8,16H2,1-4H3. The Morgan fingerprint density at radius 3 is 2.37 bits per heavy atom. The number of rotatable bonds is 3. The Balaban J connectivity index is 2.18. The highest BCUT2D eigenvalue weighted by Crippen LogP contribution is 2.40. The zero-order valence-electron chi connectivity index (χ0n) is 12.1. The lowest BCUT2D eigenvalue weighted by atomic mass is 9.88. The lowest BCUT2D eigenvalue weighted by molar-refractivity contribution is 0.171. The van der Waals surface area contributed by atoms with Crippen LogP contribution in [0.1, 0.15) is 27.7 Å². The number of ether oxygens (including phenoxy) is 2. The first kappa shape index (κ1) is 14.5. The fourth-order valence-electron chi connectivity index (χ4n) is 2.32. The Kier molecular flexibility index (Phi) is 4.31. The van der Waals surface area contributed by atoms with E-state index in [-0.39, 0.29) is 11.5 Å². The van der Waals surface area contributed by atoms with Crippen LogP contribution in [0.25, 0.3) is 0 Å². The van der Waals surface area contributed by atoms with Crippen molar-refractivity contribution in [3.8, 4) is 11.5 Å². The molecule has 0 fully saturated rings. The summed E-state index contributed by atoms with van der Waals surface area (Å²) < 4.78 is 11.2. The van der Waals surface area contributed by atoms with Gasteiger partial charge in [-0.15, -0.1) is 11.8 Å². The molecular weight excluding hydrogens is 258 g/mol. The molecule has 3 nitrogen and oxygen atoms in total. The maximum absolute atomic E-state index is 6.13. The fraction of sp³-hybridized carbons (Fsp3) is 0.600. The van der Waals surface area contributed by atoms with E-state index in [2.05, 4.69) is 39.8 Å². The van der Waals surface area contributed by atoms with Crippen LogP contribution in [0, 0.1) is 5.41 Å². The lowest BCUT2D eigenvalue weighted by Crippen LogP contribution is -2.38. The summed E-state index contributed by atoms with van der Waals surface area (Å²) >= 11 is 1.82. The Morgan fingerprint density at radius 1 is 1.16 bits per heavy atom. The van der Waals surface area contributed by atoms with Gasteiger partial charge in [0.15, 0.2) is 11.5 Å². The van der Waals surface area contributed by atoms with E-state index in [1.54, 1.807) is 0 Å². The highest BCUT2D eigenvalue weighted by atomic mass is 32.2. The Hall–Kier alpha value is -0.870. The number of fused-ring (bicyclic) bond motifs is 1. The average molecular weight is 281 g/mol. The van der Waals surface area contributed by atoms with Gasteiger partial charge in [0.05, 0.1) is 0 Å². The van der Waals surface area contributed by atoms with Gasteiger partial charge in [-0.05, 0) is 30.5 Å². The molecule has 0 spiro atoms. The molecule has 1 heterocycles. The van der Waals surface area contributed by atoms with Crippen molar-refractivity contribution < 1.29 is 9.47 Å². The largest absolute Gasteiger partial charge is 0.486 e. The number of benzene rings is 1. The highest BCUT2D eigenvalue weighted by Gasteiger charge is 2.29. The maximum atomic E-state index is 6.13. The molecule has 0 saturated carbocycles. The molecule has 2 N–H and O–H groups in total. The lowest BCUT2D eigenvalue weighted by Gasteiger charge is -2.33. The summed E-state index contributed by atoms with van der Waals surface area (Å²) in [4.78, 5) is 1.18. The van der Waals surface area contributed by atoms with Crippen LogP contribution < -0.4 is 15.2 Å². The second kappa shape index (κ2) is 5.63. The molecule has 106 valence electrons. The number of nitrogens with two attached hydrogens (primary N) is 1. The molecule has 4 heteroatoms. The molecule has 1 aliphatic heterocycles. The van der Waals surface area contributed by atoms with Gasteiger partial charge in [-0.3, -0.25) is 0 Å². The van der Waals surface area contributed by atoms with Gasteiger partial charge < -0.3 is 15.2 Å². The molecule has 2 rings (SSSR count). The van der Waals surface area contributed by atoms with E-state index in [1.807, 2.05) is 17.8 Å². The minimum Gasteiger partial charge on any atom is -0.486 e. The van der Waals surface area contributed by atoms with Crippen LogP contribution in [0.4, 0.5) is 0 Å². The summed E-state index contributed by atoms with van der Waals surface area (Å²) in [6.07, 6.45) is 0. The summed E-state index contributed by atoms with van der Waals surface area (Å²) in [5.74, 6) is 1.68. The minimum absolute atomic E-state index is 0.137. The van der Waals surface area contributed by atoms with Crippen LogP contribution >= 0.6 is 11.8 Å². The van der Waals surface area contributed by atoms with E-state index in [1.165, 1.54) is 4.90 Å². The smallest absolute Gasteiger partial charge is 0.162 e. The van der Waals surface area contributed by atoms with Gasteiger partial charge >= 0.3 is 0 Å². The van der Waals surface area contributed by atoms with Gasteiger partial charge in [-0.1, -0.05) is 20.8 Å². The van der Waals surface area contributed by atoms with E-state index in [0.29, 0.717) is 18.5 Å². The normalized spacial score (nSPS) is 17.9. The molecule has 0 aliphatic carbocycles.